The molecule has 2 aromatic heterocycles. The molecule has 3 aromatic rings. The monoisotopic (exact) mass is 411 g/mol. The third-order valence-corrected chi connectivity index (χ3v) is 5.17. The number of likely N-dealkylation sites (tertiary alicyclic amines) is 1. The molecule has 156 valence electrons. The van der Waals surface area contributed by atoms with Gasteiger partial charge < -0.3 is 14.8 Å². The topological polar surface area (TPSA) is 107 Å². The van der Waals surface area contributed by atoms with Gasteiger partial charge in [0.25, 0.3) is 5.91 Å². The number of aromatic amines is 1. The Morgan fingerprint density at radius 3 is 2.53 bits per heavy atom. The van der Waals surface area contributed by atoms with E-state index in [1.54, 1.807) is 4.90 Å². The van der Waals surface area contributed by atoms with Gasteiger partial charge in [0.15, 0.2) is 11.5 Å². The Balaban J connectivity index is 1.39. The molecule has 1 aliphatic heterocycles. The molecule has 1 fully saturated rings. The molecule has 3 heterocycles. The second-order valence-electron chi connectivity index (χ2n) is 7.43. The van der Waals surface area contributed by atoms with Crippen molar-refractivity contribution in [2.45, 2.75) is 12.8 Å². The van der Waals surface area contributed by atoms with Gasteiger partial charge in [0.05, 0.1) is 6.33 Å². The zero-order valence-electron chi connectivity index (χ0n) is 16.7. The van der Waals surface area contributed by atoms with Gasteiger partial charge in [-0.3, -0.25) is 14.9 Å². The van der Waals surface area contributed by atoms with Crippen molar-refractivity contribution in [1.82, 2.24) is 24.8 Å². The van der Waals surface area contributed by atoms with Crippen molar-refractivity contribution in [2.75, 3.05) is 37.4 Å². The molecule has 0 radical (unpaired) electrons. The molecule has 1 saturated heterocycles. The predicted octanol–water partition coefficient (Wildman–Crippen LogP) is 2.05. The summed E-state index contributed by atoms with van der Waals surface area (Å²) < 4.78 is 13.1. The summed E-state index contributed by atoms with van der Waals surface area (Å²) in [6.45, 7) is 0.910. The Labute approximate surface area is 172 Å². The zero-order chi connectivity index (χ0) is 21.3. The largest absolute Gasteiger partial charge is 0.361 e. The Morgan fingerprint density at radius 2 is 1.87 bits per heavy atom. The molecule has 30 heavy (non-hydrogen) atoms. The molecule has 10 heteroatoms. The molecule has 0 saturated carbocycles. The van der Waals surface area contributed by atoms with Crippen LogP contribution in [0, 0.1) is 11.7 Å². The van der Waals surface area contributed by atoms with E-state index in [4.69, 9.17) is 0 Å². The standard InChI is InChI=1S/C20H22FN7O2/c1-27(2)17-15-16(23-11-22-15)24-20(25-17)26-18(29)12-7-9-28(10-8-12)19(30)13-3-5-14(21)6-4-13/h3-6,11-12H,7-10H2,1-2H3,(H2,22,23,24,25,26,29). The van der Waals surface area contributed by atoms with Crippen molar-refractivity contribution in [3.05, 3.63) is 42.0 Å². The summed E-state index contributed by atoms with van der Waals surface area (Å²) in [7, 11) is 3.70. The van der Waals surface area contributed by atoms with Crippen LogP contribution in [0.3, 0.4) is 0 Å². The number of H-pyrrole nitrogens is 1. The van der Waals surface area contributed by atoms with Crippen molar-refractivity contribution < 1.29 is 14.0 Å². The molecule has 0 unspecified atom stereocenters. The molecular weight excluding hydrogens is 389 g/mol. The SMILES string of the molecule is CN(C)c1nc(NC(=O)C2CCN(C(=O)c3ccc(F)cc3)CC2)nc2nc[nH]c12. The molecule has 0 aliphatic carbocycles. The zero-order valence-corrected chi connectivity index (χ0v) is 16.7. The summed E-state index contributed by atoms with van der Waals surface area (Å²) >= 11 is 0. The average Bonchev–Trinajstić information content (AvgIpc) is 3.21. The maximum absolute atomic E-state index is 13.1. The Bertz CT molecular complexity index is 1070. The number of benzene rings is 1. The van der Waals surface area contributed by atoms with E-state index < -0.39 is 0 Å². The second kappa shape index (κ2) is 8.05. The molecule has 0 atom stereocenters. The highest BCUT2D eigenvalue weighted by molar-refractivity contribution is 5.95. The van der Waals surface area contributed by atoms with Gasteiger partial charge in [-0.2, -0.15) is 9.97 Å². The summed E-state index contributed by atoms with van der Waals surface area (Å²) in [5.74, 6) is -0.126. The van der Waals surface area contributed by atoms with Crippen molar-refractivity contribution in [1.29, 1.82) is 0 Å². The highest BCUT2D eigenvalue weighted by Crippen LogP contribution is 2.23. The van der Waals surface area contributed by atoms with Crippen LogP contribution in [0.2, 0.25) is 0 Å². The van der Waals surface area contributed by atoms with Crippen LogP contribution >= 0.6 is 0 Å². The van der Waals surface area contributed by atoms with Crippen LogP contribution in [0.25, 0.3) is 11.2 Å². The predicted molar refractivity (Wildman–Crippen MR) is 110 cm³/mol. The number of imidazole rings is 1. The highest BCUT2D eigenvalue weighted by atomic mass is 19.1. The van der Waals surface area contributed by atoms with Gasteiger partial charge in [0.2, 0.25) is 11.9 Å². The maximum atomic E-state index is 13.1. The summed E-state index contributed by atoms with van der Waals surface area (Å²) in [5.41, 5.74) is 1.62. The Hall–Kier alpha value is -3.56. The van der Waals surface area contributed by atoms with Crippen molar-refractivity contribution in [3.63, 3.8) is 0 Å². The Kier molecular flexibility index (Phi) is 5.30. The number of anilines is 2. The normalized spacial score (nSPS) is 14.7. The lowest BCUT2D eigenvalue weighted by molar-refractivity contribution is -0.121. The molecule has 0 spiro atoms. The van der Waals surface area contributed by atoms with Gasteiger partial charge >= 0.3 is 0 Å². The first kappa shape index (κ1) is 19.7. The molecular formula is C20H22FN7O2. The first-order valence-electron chi connectivity index (χ1n) is 9.66. The van der Waals surface area contributed by atoms with Gasteiger partial charge in [-0.25, -0.2) is 9.37 Å². The molecule has 2 N–H and O–H groups in total. The summed E-state index contributed by atoms with van der Waals surface area (Å²) in [5, 5.41) is 2.78. The highest BCUT2D eigenvalue weighted by Gasteiger charge is 2.28. The lowest BCUT2D eigenvalue weighted by atomic mass is 9.95. The number of piperidine rings is 1. The second-order valence-corrected chi connectivity index (χ2v) is 7.43. The molecule has 1 aromatic carbocycles. The number of carbonyl (C=O) groups is 2. The van der Waals surface area contributed by atoms with E-state index in [2.05, 4.69) is 25.3 Å². The van der Waals surface area contributed by atoms with E-state index in [-0.39, 0.29) is 29.5 Å². The van der Waals surface area contributed by atoms with E-state index >= 15 is 0 Å². The number of fused-ring (bicyclic) bond motifs is 1. The van der Waals surface area contributed by atoms with Gasteiger partial charge in [-0.1, -0.05) is 0 Å². The van der Waals surface area contributed by atoms with E-state index in [1.165, 1.54) is 30.6 Å². The third kappa shape index (κ3) is 3.93. The van der Waals surface area contributed by atoms with Crippen LogP contribution in [-0.2, 0) is 4.79 Å². The summed E-state index contributed by atoms with van der Waals surface area (Å²) in [4.78, 5) is 44.6. The summed E-state index contributed by atoms with van der Waals surface area (Å²) in [6.07, 6.45) is 2.60. The number of halogens is 1. The van der Waals surface area contributed by atoms with E-state index in [1.807, 2.05) is 19.0 Å². The van der Waals surface area contributed by atoms with Crippen molar-refractivity contribution in [2.24, 2.45) is 5.92 Å². The van der Waals surface area contributed by atoms with E-state index in [0.29, 0.717) is 48.5 Å². The van der Waals surface area contributed by atoms with Crippen LogP contribution in [0.15, 0.2) is 30.6 Å². The van der Waals surface area contributed by atoms with Gasteiger partial charge in [-0.15, -0.1) is 0 Å². The van der Waals surface area contributed by atoms with Crippen LogP contribution < -0.4 is 10.2 Å². The number of nitrogens with one attached hydrogen (secondary N) is 2. The fourth-order valence-corrected chi connectivity index (χ4v) is 3.53. The minimum atomic E-state index is -0.380. The number of aromatic nitrogens is 4. The lowest BCUT2D eigenvalue weighted by Crippen LogP contribution is -2.41. The minimum Gasteiger partial charge on any atom is -0.361 e. The molecule has 2 amide bonds. The third-order valence-electron chi connectivity index (χ3n) is 5.17. The van der Waals surface area contributed by atoms with Gasteiger partial charge in [0.1, 0.15) is 11.3 Å². The van der Waals surface area contributed by atoms with Crippen molar-refractivity contribution >= 4 is 34.7 Å². The van der Waals surface area contributed by atoms with Crippen molar-refractivity contribution in [3.8, 4) is 0 Å². The number of amides is 2. The van der Waals surface area contributed by atoms with E-state index in [9.17, 15) is 14.0 Å². The maximum Gasteiger partial charge on any atom is 0.253 e. The molecule has 1 aliphatic rings. The number of hydrogen-bond donors (Lipinski definition) is 2. The Morgan fingerprint density at radius 1 is 1.17 bits per heavy atom. The fourth-order valence-electron chi connectivity index (χ4n) is 3.53. The van der Waals surface area contributed by atoms with Gasteiger partial charge in [0, 0.05) is 38.7 Å². The minimum absolute atomic E-state index is 0.156. The van der Waals surface area contributed by atoms with Crippen LogP contribution in [-0.4, -0.2) is 63.8 Å². The lowest BCUT2D eigenvalue weighted by Gasteiger charge is -2.31. The number of hydrogen-bond acceptors (Lipinski definition) is 6. The summed E-state index contributed by atoms with van der Waals surface area (Å²) in [6, 6.07) is 5.49. The number of nitrogens with zero attached hydrogens (tertiary/aromatic N) is 5. The number of rotatable bonds is 4. The molecule has 4 rings (SSSR count). The quantitative estimate of drug-likeness (QED) is 0.681. The molecule has 0 bridgehead atoms. The first-order chi connectivity index (χ1) is 14.4. The number of carbonyl (C=O) groups excluding carboxylic acids is 2. The fraction of sp³-hybridized carbons (Fsp3) is 0.350. The smallest absolute Gasteiger partial charge is 0.253 e. The van der Waals surface area contributed by atoms with E-state index in [0.717, 1.165) is 0 Å². The van der Waals surface area contributed by atoms with Crippen LogP contribution in [0.1, 0.15) is 23.2 Å². The van der Waals surface area contributed by atoms with Gasteiger partial charge in [-0.05, 0) is 37.1 Å². The first-order valence-corrected chi connectivity index (χ1v) is 9.66. The van der Waals surface area contributed by atoms with Crippen LogP contribution in [0.5, 0.6) is 0 Å². The average molecular weight is 411 g/mol. The van der Waals surface area contributed by atoms with Crippen LogP contribution in [0.4, 0.5) is 16.2 Å². The molecule has 9 nitrogen and oxygen atoms in total.